The van der Waals surface area contributed by atoms with Crippen LogP contribution in [-0.2, 0) is 4.74 Å². The Morgan fingerprint density at radius 3 is 2.12 bits per heavy atom. The molecule has 0 radical (unpaired) electrons. The van der Waals surface area contributed by atoms with E-state index in [1.54, 1.807) is 24.3 Å². The fourth-order valence-electron chi connectivity index (χ4n) is 3.70. The normalized spacial score (nSPS) is 25.6. The highest BCUT2D eigenvalue weighted by molar-refractivity contribution is 5.87. The van der Waals surface area contributed by atoms with E-state index in [1.807, 2.05) is 25.7 Å². The summed E-state index contributed by atoms with van der Waals surface area (Å²) in [4.78, 5) is 25.2. The van der Waals surface area contributed by atoms with Gasteiger partial charge >= 0.3 is 12.1 Å². The molecule has 0 saturated carbocycles. The van der Waals surface area contributed by atoms with E-state index in [1.165, 1.54) is 0 Å². The summed E-state index contributed by atoms with van der Waals surface area (Å²) in [6.07, 6.45) is 3.30. The van der Waals surface area contributed by atoms with Gasteiger partial charge in [-0.2, -0.15) is 0 Å². The van der Waals surface area contributed by atoms with Crippen molar-refractivity contribution >= 4 is 12.1 Å². The van der Waals surface area contributed by atoms with Crippen LogP contribution in [0.1, 0.15) is 56.8 Å². The van der Waals surface area contributed by atoms with Crippen LogP contribution in [-0.4, -0.2) is 45.9 Å². The standard InChI is InChI=1S/C19H25NO5/c1-19(2,3)25-18(23)20-13-6-7-14(20)11-16(10-13)24-15-8-4-12(5-9-15)17(21)22/h4-5,8-9,13-14,16H,6-7,10-11H2,1-3H3,(H,21,22). The summed E-state index contributed by atoms with van der Waals surface area (Å²) in [7, 11) is 0. The van der Waals surface area contributed by atoms with Crippen LogP contribution in [0, 0.1) is 0 Å². The molecule has 0 spiro atoms. The number of nitrogens with zero attached hydrogens (tertiary/aromatic N) is 1. The zero-order valence-corrected chi connectivity index (χ0v) is 14.9. The number of ether oxygens (including phenoxy) is 2. The van der Waals surface area contributed by atoms with E-state index >= 15 is 0 Å². The van der Waals surface area contributed by atoms with Crippen molar-refractivity contribution < 1.29 is 24.2 Å². The molecule has 1 amide bonds. The number of hydrogen-bond acceptors (Lipinski definition) is 4. The number of fused-ring (bicyclic) bond motifs is 2. The lowest BCUT2D eigenvalue weighted by molar-refractivity contribution is -0.00707. The van der Waals surface area contributed by atoms with Gasteiger partial charge in [-0.3, -0.25) is 0 Å². The average Bonchev–Trinajstić information content (AvgIpc) is 2.78. The smallest absolute Gasteiger partial charge is 0.410 e. The molecule has 3 rings (SSSR count). The number of carbonyl (C=O) groups is 2. The Labute approximate surface area is 147 Å². The number of piperidine rings is 1. The van der Waals surface area contributed by atoms with Gasteiger partial charge in [-0.25, -0.2) is 9.59 Å². The van der Waals surface area contributed by atoms with Crippen LogP contribution in [0.2, 0.25) is 0 Å². The summed E-state index contributed by atoms with van der Waals surface area (Å²) in [6.45, 7) is 5.64. The second-order valence-corrected chi connectivity index (χ2v) is 7.81. The minimum absolute atomic E-state index is 0.0341. The highest BCUT2D eigenvalue weighted by Gasteiger charge is 2.45. The summed E-state index contributed by atoms with van der Waals surface area (Å²) >= 11 is 0. The minimum atomic E-state index is -0.949. The molecule has 0 aromatic heterocycles. The zero-order valence-electron chi connectivity index (χ0n) is 14.9. The second kappa shape index (κ2) is 6.58. The predicted octanol–water partition coefficient (Wildman–Crippen LogP) is 3.69. The summed E-state index contributed by atoms with van der Waals surface area (Å²) in [5.74, 6) is -0.282. The van der Waals surface area contributed by atoms with Crippen LogP contribution in [0.3, 0.4) is 0 Å². The maximum atomic E-state index is 12.4. The molecule has 2 aliphatic heterocycles. The van der Waals surface area contributed by atoms with E-state index in [0.29, 0.717) is 5.75 Å². The van der Waals surface area contributed by atoms with E-state index in [0.717, 1.165) is 25.7 Å². The third kappa shape index (κ3) is 4.06. The molecule has 2 aliphatic rings. The Kier molecular flexibility index (Phi) is 4.62. The molecule has 6 nitrogen and oxygen atoms in total. The van der Waals surface area contributed by atoms with Crippen LogP contribution in [0.25, 0.3) is 0 Å². The average molecular weight is 347 g/mol. The van der Waals surface area contributed by atoms with Crippen LogP contribution < -0.4 is 4.74 Å². The SMILES string of the molecule is CC(C)(C)OC(=O)N1C2CCC1CC(Oc1ccc(C(=O)O)cc1)C2. The van der Waals surface area contributed by atoms with E-state index in [4.69, 9.17) is 14.6 Å². The Morgan fingerprint density at radius 1 is 1.08 bits per heavy atom. The van der Waals surface area contributed by atoms with E-state index in [-0.39, 0.29) is 29.8 Å². The molecule has 0 aliphatic carbocycles. The van der Waals surface area contributed by atoms with Crippen LogP contribution >= 0.6 is 0 Å². The molecule has 2 unspecified atom stereocenters. The quantitative estimate of drug-likeness (QED) is 0.902. The van der Waals surface area contributed by atoms with E-state index in [2.05, 4.69) is 0 Å². The first kappa shape index (κ1) is 17.6. The number of hydrogen-bond donors (Lipinski definition) is 1. The fourth-order valence-corrected chi connectivity index (χ4v) is 3.70. The lowest BCUT2D eigenvalue weighted by atomic mass is 10.00. The molecule has 2 atom stereocenters. The maximum Gasteiger partial charge on any atom is 0.410 e. The largest absolute Gasteiger partial charge is 0.490 e. The van der Waals surface area contributed by atoms with Gasteiger partial charge in [-0.1, -0.05) is 0 Å². The first-order chi connectivity index (χ1) is 11.7. The molecule has 6 heteroatoms. The van der Waals surface area contributed by atoms with E-state index in [9.17, 15) is 9.59 Å². The van der Waals surface area contributed by atoms with Crippen molar-refractivity contribution in [2.45, 2.75) is 70.2 Å². The topological polar surface area (TPSA) is 76.1 Å². The second-order valence-electron chi connectivity index (χ2n) is 7.81. The number of rotatable bonds is 3. The molecule has 136 valence electrons. The third-order valence-corrected chi connectivity index (χ3v) is 4.70. The number of amides is 1. The predicted molar refractivity (Wildman–Crippen MR) is 91.9 cm³/mol. The van der Waals surface area contributed by atoms with Crippen molar-refractivity contribution in [3.63, 3.8) is 0 Å². The van der Waals surface area contributed by atoms with Crippen molar-refractivity contribution in [3.05, 3.63) is 29.8 Å². The summed E-state index contributed by atoms with van der Waals surface area (Å²) < 4.78 is 11.6. The first-order valence-corrected chi connectivity index (χ1v) is 8.74. The molecule has 1 N–H and O–H groups in total. The number of carbonyl (C=O) groups excluding carboxylic acids is 1. The van der Waals surface area contributed by atoms with Crippen molar-refractivity contribution in [3.8, 4) is 5.75 Å². The molecule has 2 heterocycles. The van der Waals surface area contributed by atoms with Gasteiger partial charge in [0.15, 0.2) is 0 Å². The highest BCUT2D eigenvalue weighted by Crippen LogP contribution is 2.38. The lowest BCUT2D eigenvalue weighted by Crippen LogP contribution is -2.50. The maximum absolute atomic E-state index is 12.4. The zero-order chi connectivity index (χ0) is 18.2. The van der Waals surface area contributed by atoms with Crippen molar-refractivity contribution in [1.82, 2.24) is 4.90 Å². The number of benzene rings is 1. The number of carboxylic acids is 1. The lowest BCUT2D eigenvalue weighted by Gasteiger charge is -2.39. The Bertz CT molecular complexity index is 635. The van der Waals surface area contributed by atoms with Crippen molar-refractivity contribution in [2.75, 3.05) is 0 Å². The molecule has 2 saturated heterocycles. The monoisotopic (exact) mass is 347 g/mol. The van der Waals surface area contributed by atoms with Gasteiger partial charge in [0.1, 0.15) is 17.5 Å². The summed E-state index contributed by atoms with van der Waals surface area (Å²) in [5.41, 5.74) is -0.248. The molecule has 2 fully saturated rings. The number of carboxylic acid groups (broad SMARTS) is 1. The molecular formula is C19H25NO5. The van der Waals surface area contributed by atoms with Crippen molar-refractivity contribution in [2.24, 2.45) is 0 Å². The van der Waals surface area contributed by atoms with Gasteiger partial charge in [0.05, 0.1) is 5.56 Å². The Morgan fingerprint density at radius 2 is 1.64 bits per heavy atom. The minimum Gasteiger partial charge on any atom is -0.490 e. The molecular weight excluding hydrogens is 322 g/mol. The Hall–Kier alpha value is -2.24. The van der Waals surface area contributed by atoms with Gasteiger partial charge in [0, 0.05) is 24.9 Å². The number of aromatic carboxylic acids is 1. The van der Waals surface area contributed by atoms with Crippen LogP contribution in [0.5, 0.6) is 5.75 Å². The van der Waals surface area contributed by atoms with Gasteiger partial charge in [-0.05, 0) is 57.9 Å². The molecule has 2 bridgehead atoms. The van der Waals surface area contributed by atoms with Crippen LogP contribution in [0.4, 0.5) is 4.79 Å². The summed E-state index contributed by atoms with van der Waals surface area (Å²) in [5, 5.41) is 8.95. The van der Waals surface area contributed by atoms with Gasteiger partial charge in [-0.15, -0.1) is 0 Å². The molecule has 1 aromatic rings. The highest BCUT2D eigenvalue weighted by atomic mass is 16.6. The summed E-state index contributed by atoms with van der Waals surface area (Å²) in [6, 6.07) is 6.76. The molecule has 1 aromatic carbocycles. The fraction of sp³-hybridized carbons (Fsp3) is 0.579. The van der Waals surface area contributed by atoms with Gasteiger partial charge < -0.3 is 19.5 Å². The molecule has 25 heavy (non-hydrogen) atoms. The van der Waals surface area contributed by atoms with Crippen LogP contribution in [0.15, 0.2) is 24.3 Å². The van der Waals surface area contributed by atoms with Gasteiger partial charge in [0.2, 0.25) is 0 Å². The Balaban J connectivity index is 1.62. The first-order valence-electron chi connectivity index (χ1n) is 8.74. The van der Waals surface area contributed by atoms with Gasteiger partial charge in [0.25, 0.3) is 0 Å². The van der Waals surface area contributed by atoms with E-state index < -0.39 is 11.6 Å². The third-order valence-electron chi connectivity index (χ3n) is 4.70. The van der Waals surface area contributed by atoms with Crippen molar-refractivity contribution in [1.29, 1.82) is 0 Å².